The maximum atomic E-state index is 11.5. The van der Waals surface area contributed by atoms with E-state index in [1.807, 2.05) is 0 Å². The van der Waals surface area contributed by atoms with Crippen LogP contribution in [0.25, 0.3) is 0 Å². The van der Waals surface area contributed by atoms with E-state index in [0.717, 1.165) is 25.8 Å². The van der Waals surface area contributed by atoms with E-state index in [9.17, 15) is 9.13 Å². The Morgan fingerprint density at radius 3 is 1.55 bits per heavy atom. The number of hydrogen-bond acceptors (Lipinski definition) is 2. The van der Waals surface area contributed by atoms with Crippen LogP contribution in [0.3, 0.4) is 0 Å². The van der Waals surface area contributed by atoms with Gasteiger partial charge in [0.05, 0.1) is 0 Å². The van der Waals surface area contributed by atoms with Crippen LogP contribution < -0.4 is 0 Å². The number of piperidine rings is 1. The molecular formula is C25H50NO2P. The molecule has 0 aromatic carbocycles. The first-order chi connectivity index (χ1) is 14.0. The number of rotatable bonds is 18. The fraction of sp³-hybridized carbons (Fsp3) is 1.00. The van der Waals surface area contributed by atoms with Gasteiger partial charge in [-0.3, -0.25) is 0 Å². The van der Waals surface area contributed by atoms with Crippen LogP contribution in [0, 0.1) is 5.41 Å². The quantitative estimate of drug-likeness (QED) is 0.161. The minimum atomic E-state index is -2.41. The van der Waals surface area contributed by atoms with Crippen molar-refractivity contribution in [2.45, 2.75) is 149 Å². The van der Waals surface area contributed by atoms with Gasteiger partial charge in [0.25, 0.3) is 0 Å². The summed E-state index contributed by atoms with van der Waals surface area (Å²) < 4.78 is 24.8. The Kier molecular flexibility index (Phi) is 15.3. The predicted octanol–water partition coefficient (Wildman–Crippen LogP) is 9.22. The van der Waals surface area contributed by atoms with E-state index in [0.29, 0.717) is 5.41 Å². The van der Waals surface area contributed by atoms with E-state index in [2.05, 4.69) is 20.8 Å². The molecule has 1 fully saturated rings. The molecule has 0 radical (unpaired) electrons. The summed E-state index contributed by atoms with van der Waals surface area (Å²) in [4.78, 5) is 0. The highest BCUT2D eigenvalue weighted by Gasteiger charge is 2.35. The molecule has 4 heteroatoms. The lowest BCUT2D eigenvalue weighted by Gasteiger charge is -2.39. The van der Waals surface area contributed by atoms with Crippen molar-refractivity contribution in [3.63, 3.8) is 0 Å². The predicted molar refractivity (Wildman–Crippen MR) is 126 cm³/mol. The highest BCUT2D eigenvalue weighted by molar-refractivity contribution is 7.27. The summed E-state index contributed by atoms with van der Waals surface area (Å²) in [5, 5.41) is 0. The standard InChI is InChI=1S/C25H50NO2P/c1-4-5-6-7-8-9-10-11-12-13-14-15-16-17-18-19-20-24-23-25(2,3)21-22-26(24)29(27)28/h24H,4-23H2,1-3H3. The van der Waals surface area contributed by atoms with Crippen LogP contribution in [0.5, 0.6) is 0 Å². The van der Waals surface area contributed by atoms with Crippen LogP contribution in [0.2, 0.25) is 0 Å². The van der Waals surface area contributed by atoms with Crippen LogP contribution in [-0.2, 0) is 9.13 Å². The van der Waals surface area contributed by atoms with Crippen LogP contribution in [-0.4, -0.2) is 17.3 Å². The van der Waals surface area contributed by atoms with Crippen molar-refractivity contribution in [1.29, 1.82) is 0 Å². The van der Waals surface area contributed by atoms with Crippen LogP contribution in [0.1, 0.15) is 143 Å². The van der Waals surface area contributed by atoms with Crippen molar-refractivity contribution in [3.05, 3.63) is 0 Å². The van der Waals surface area contributed by atoms with Crippen molar-refractivity contribution in [1.82, 2.24) is 4.67 Å². The van der Waals surface area contributed by atoms with E-state index < -0.39 is 7.83 Å². The van der Waals surface area contributed by atoms with Gasteiger partial charge in [0.1, 0.15) is 0 Å². The Balaban J connectivity index is 1.90. The molecule has 0 saturated carbocycles. The Morgan fingerprint density at radius 1 is 0.724 bits per heavy atom. The third-order valence-corrected chi connectivity index (χ3v) is 7.77. The van der Waals surface area contributed by atoms with Gasteiger partial charge in [-0.1, -0.05) is 124 Å². The largest absolute Gasteiger partial charge is 0.399 e. The smallest absolute Gasteiger partial charge is 0.218 e. The summed E-state index contributed by atoms with van der Waals surface area (Å²) in [5.74, 6) is 0. The molecule has 0 amide bonds. The molecule has 3 nitrogen and oxygen atoms in total. The molecule has 29 heavy (non-hydrogen) atoms. The fourth-order valence-corrected chi connectivity index (χ4v) is 5.57. The van der Waals surface area contributed by atoms with Gasteiger partial charge in [0.15, 0.2) is 0 Å². The molecule has 0 N–H and O–H groups in total. The third kappa shape index (κ3) is 13.7. The zero-order chi connectivity index (χ0) is 21.4. The molecule has 0 spiro atoms. The normalized spacial score (nSPS) is 19.5. The monoisotopic (exact) mass is 427 g/mol. The second-order valence-corrected chi connectivity index (χ2v) is 11.3. The van der Waals surface area contributed by atoms with Gasteiger partial charge in [-0.05, 0) is 24.7 Å². The molecule has 1 rings (SSSR count). The van der Waals surface area contributed by atoms with Crippen molar-refractivity contribution in [2.75, 3.05) is 6.54 Å². The molecule has 0 aliphatic carbocycles. The van der Waals surface area contributed by atoms with Crippen molar-refractivity contribution >= 4 is 7.83 Å². The number of nitrogens with zero attached hydrogens (tertiary/aromatic N) is 1. The van der Waals surface area contributed by atoms with Crippen LogP contribution >= 0.6 is 7.83 Å². The Hall–Kier alpha value is -0.140. The fourth-order valence-electron chi connectivity index (χ4n) is 4.84. The Bertz CT molecular complexity index is 454. The van der Waals surface area contributed by atoms with E-state index in [4.69, 9.17) is 0 Å². The first-order valence-corrected chi connectivity index (χ1v) is 14.0. The van der Waals surface area contributed by atoms with Gasteiger partial charge in [0.2, 0.25) is 0 Å². The highest BCUT2D eigenvalue weighted by atomic mass is 31.1. The highest BCUT2D eigenvalue weighted by Crippen LogP contribution is 2.39. The zero-order valence-corrected chi connectivity index (χ0v) is 20.8. The lowest BCUT2D eigenvalue weighted by Crippen LogP contribution is -2.40. The van der Waals surface area contributed by atoms with Gasteiger partial charge in [-0.15, -0.1) is 0 Å². The van der Waals surface area contributed by atoms with E-state index in [-0.39, 0.29) is 6.04 Å². The molecule has 0 bridgehead atoms. The lowest BCUT2D eigenvalue weighted by atomic mass is 9.78. The van der Waals surface area contributed by atoms with E-state index >= 15 is 0 Å². The average molecular weight is 428 g/mol. The Labute approximate surface area is 182 Å². The molecule has 172 valence electrons. The maximum Gasteiger partial charge on any atom is 0.399 e. The van der Waals surface area contributed by atoms with Crippen LogP contribution in [0.4, 0.5) is 0 Å². The van der Waals surface area contributed by atoms with Crippen molar-refractivity contribution < 1.29 is 9.13 Å². The molecule has 1 heterocycles. The average Bonchev–Trinajstić information content (AvgIpc) is 2.66. The second-order valence-electron chi connectivity index (χ2n) is 10.3. The maximum absolute atomic E-state index is 11.5. The minimum absolute atomic E-state index is 0.242. The molecule has 1 saturated heterocycles. The minimum Gasteiger partial charge on any atom is -0.218 e. The van der Waals surface area contributed by atoms with Crippen molar-refractivity contribution in [3.8, 4) is 0 Å². The molecule has 1 aliphatic rings. The van der Waals surface area contributed by atoms with Gasteiger partial charge in [0, 0.05) is 12.6 Å². The summed E-state index contributed by atoms with van der Waals surface area (Å²) in [5.41, 5.74) is 0.293. The first kappa shape index (κ1) is 26.9. The van der Waals surface area contributed by atoms with E-state index in [1.54, 1.807) is 4.67 Å². The number of hydrogen-bond donors (Lipinski definition) is 0. The van der Waals surface area contributed by atoms with E-state index in [1.165, 1.54) is 103 Å². The van der Waals surface area contributed by atoms with Crippen molar-refractivity contribution in [2.24, 2.45) is 5.41 Å². The van der Waals surface area contributed by atoms with Gasteiger partial charge < -0.3 is 0 Å². The summed E-state index contributed by atoms with van der Waals surface area (Å²) in [6.45, 7) is 7.56. The summed E-state index contributed by atoms with van der Waals surface area (Å²) in [7, 11) is -2.41. The SMILES string of the molecule is CCCCCCCCCCCCCCCCCCC1CC(C)(C)CCN1P(=O)=O. The van der Waals surface area contributed by atoms with Gasteiger partial charge >= 0.3 is 7.83 Å². The lowest BCUT2D eigenvalue weighted by molar-refractivity contribution is 0.126. The Morgan fingerprint density at radius 2 is 1.14 bits per heavy atom. The summed E-state index contributed by atoms with van der Waals surface area (Å²) in [6.07, 6.45) is 25.2. The second kappa shape index (κ2) is 16.5. The molecule has 1 unspecified atom stereocenters. The topological polar surface area (TPSA) is 37.4 Å². The third-order valence-electron chi connectivity index (χ3n) is 6.83. The van der Waals surface area contributed by atoms with Gasteiger partial charge in [-0.2, -0.15) is 4.67 Å². The molecule has 0 aromatic rings. The summed E-state index contributed by atoms with van der Waals surface area (Å²) >= 11 is 0. The first-order valence-electron chi connectivity index (χ1n) is 12.9. The molecule has 0 aromatic heterocycles. The molecular weight excluding hydrogens is 377 g/mol. The molecule has 1 atom stereocenters. The van der Waals surface area contributed by atoms with Gasteiger partial charge in [-0.25, -0.2) is 9.13 Å². The zero-order valence-electron chi connectivity index (χ0n) is 19.9. The summed E-state index contributed by atoms with van der Waals surface area (Å²) in [6, 6.07) is 0.242. The molecule has 1 aliphatic heterocycles. The number of unbranched alkanes of at least 4 members (excludes halogenated alkanes) is 15. The van der Waals surface area contributed by atoms with Crippen LogP contribution in [0.15, 0.2) is 0 Å².